The van der Waals surface area contributed by atoms with E-state index in [0.717, 1.165) is 57.5 Å². The first-order valence-corrected chi connectivity index (χ1v) is 12.1. The van der Waals surface area contributed by atoms with Crippen LogP contribution in [0, 0.1) is 11.3 Å². The standard InChI is InChI=1S/C24H33F3N6O2/c1-16(2)23(7-4-20(13-23)32(3)19-5-8-35-9-6-19)22(34)28-14-17-10-18(24(25,26)27)12-21(11-17)33-15-29-30-31-33/h10-12,15-16,19-20H,4-9,13-14H2,1-3H3,(H,28,34)/t20-,23+/m1/s1. The predicted molar refractivity (Wildman–Crippen MR) is 123 cm³/mol. The molecule has 1 saturated heterocycles. The van der Waals surface area contributed by atoms with Crippen molar-refractivity contribution in [3.63, 3.8) is 0 Å². The Bertz CT molecular complexity index is 1010. The highest BCUT2D eigenvalue weighted by atomic mass is 19.4. The van der Waals surface area contributed by atoms with E-state index in [0.29, 0.717) is 17.6 Å². The summed E-state index contributed by atoms with van der Waals surface area (Å²) in [5.41, 5.74) is -0.838. The fourth-order valence-electron chi connectivity index (χ4n) is 5.49. The number of ether oxygens (including phenoxy) is 1. The molecule has 0 unspecified atom stereocenters. The zero-order valence-electron chi connectivity index (χ0n) is 20.4. The van der Waals surface area contributed by atoms with Crippen LogP contribution in [0.5, 0.6) is 0 Å². The summed E-state index contributed by atoms with van der Waals surface area (Å²) in [6, 6.07) is 4.36. The molecule has 0 radical (unpaired) electrons. The number of nitrogens with zero attached hydrogens (tertiary/aromatic N) is 5. The molecular formula is C24H33F3N6O2. The fraction of sp³-hybridized carbons (Fsp3) is 0.667. The molecular weight excluding hydrogens is 461 g/mol. The third-order valence-electron chi connectivity index (χ3n) is 7.80. The summed E-state index contributed by atoms with van der Waals surface area (Å²) in [5, 5.41) is 13.6. The summed E-state index contributed by atoms with van der Waals surface area (Å²) in [6.45, 7) is 5.63. The van der Waals surface area contributed by atoms with Gasteiger partial charge in [-0.05, 0) is 79.3 Å². The van der Waals surface area contributed by atoms with E-state index in [1.807, 2.05) is 0 Å². The summed E-state index contributed by atoms with van der Waals surface area (Å²) in [7, 11) is 2.14. The van der Waals surface area contributed by atoms with E-state index in [1.54, 1.807) is 6.07 Å². The van der Waals surface area contributed by atoms with Gasteiger partial charge in [0.25, 0.3) is 0 Å². The Hall–Kier alpha value is -2.53. The number of benzene rings is 1. The van der Waals surface area contributed by atoms with Gasteiger partial charge in [0.2, 0.25) is 5.91 Å². The van der Waals surface area contributed by atoms with Crippen molar-refractivity contribution in [1.29, 1.82) is 0 Å². The molecule has 0 bridgehead atoms. The summed E-state index contributed by atoms with van der Waals surface area (Å²) >= 11 is 0. The van der Waals surface area contributed by atoms with Crippen LogP contribution in [-0.2, 0) is 22.3 Å². The van der Waals surface area contributed by atoms with Gasteiger partial charge in [-0.15, -0.1) is 5.10 Å². The summed E-state index contributed by atoms with van der Waals surface area (Å²) < 4.78 is 47.2. The molecule has 1 aromatic heterocycles. The lowest BCUT2D eigenvalue weighted by Gasteiger charge is -2.37. The van der Waals surface area contributed by atoms with E-state index >= 15 is 0 Å². The summed E-state index contributed by atoms with van der Waals surface area (Å²) in [5.74, 6) is 0.00523. The lowest BCUT2D eigenvalue weighted by atomic mass is 9.74. The lowest BCUT2D eigenvalue weighted by Crippen LogP contribution is -2.46. The third-order valence-corrected chi connectivity index (χ3v) is 7.80. The number of hydrogen-bond acceptors (Lipinski definition) is 6. The van der Waals surface area contributed by atoms with Crippen LogP contribution in [0.15, 0.2) is 24.5 Å². The predicted octanol–water partition coefficient (Wildman–Crippen LogP) is 3.60. The number of amides is 1. The minimum absolute atomic E-state index is 0.00712. The molecule has 8 nitrogen and oxygen atoms in total. The zero-order chi connectivity index (χ0) is 25.2. The Morgan fingerprint density at radius 1 is 1.23 bits per heavy atom. The number of halogens is 3. The Kier molecular flexibility index (Phi) is 7.46. The van der Waals surface area contributed by atoms with Gasteiger partial charge >= 0.3 is 6.18 Å². The van der Waals surface area contributed by atoms with Crippen LogP contribution < -0.4 is 5.32 Å². The van der Waals surface area contributed by atoms with Crippen LogP contribution in [0.4, 0.5) is 13.2 Å². The number of nitrogens with one attached hydrogen (secondary N) is 1. The molecule has 2 atom stereocenters. The smallest absolute Gasteiger partial charge is 0.381 e. The second-order valence-corrected chi connectivity index (χ2v) is 10.0. The number of carbonyl (C=O) groups excluding carboxylic acids is 1. The zero-order valence-corrected chi connectivity index (χ0v) is 20.4. The van der Waals surface area contributed by atoms with Gasteiger partial charge in [0.1, 0.15) is 6.33 Å². The van der Waals surface area contributed by atoms with Gasteiger partial charge in [-0.2, -0.15) is 13.2 Å². The highest BCUT2D eigenvalue weighted by Gasteiger charge is 2.49. The normalized spacial score (nSPS) is 23.8. The van der Waals surface area contributed by atoms with Crippen molar-refractivity contribution in [2.75, 3.05) is 20.3 Å². The first kappa shape index (κ1) is 25.6. The summed E-state index contributed by atoms with van der Waals surface area (Å²) in [6.07, 6.45) is 1.11. The van der Waals surface area contributed by atoms with Gasteiger partial charge in [0.05, 0.1) is 16.7 Å². The molecule has 192 valence electrons. The number of tetrazole rings is 1. The molecule has 2 aromatic rings. The quantitative estimate of drug-likeness (QED) is 0.633. The van der Waals surface area contributed by atoms with Crippen molar-refractivity contribution in [2.45, 2.75) is 70.8 Å². The van der Waals surface area contributed by atoms with Crippen molar-refractivity contribution in [1.82, 2.24) is 30.4 Å². The molecule has 1 aliphatic heterocycles. The molecule has 4 rings (SSSR count). The van der Waals surface area contributed by atoms with E-state index in [-0.39, 0.29) is 24.1 Å². The number of rotatable bonds is 7. The maximum absolute atomic E-state index is 13.5. The molecule has 2 fully saturated rings. The largest absolute Gasteiger partial charge is 0.416 e. The molecule has 0 spiro atoms. The van der Waals surface area contributed by atoms with Crippen molar-refractivity contribution in [3.8, 4) is 5.69 Å². The molecule has 1 N–H and O–H groups in total. The third kappa shape index (κ3) is 5.50. The second kappa shape index (κ2) is 10.2. The van der Waals surface area contributed by atoms with Gasteiger partial charge in [-0.1, -0.05) is 13.8 Å². The molecule has 1 amide bonds. The van der Waals surface area contributed by atoms with Gasteiger partial charge in [0.15, 0.2) is 0 Å². The maximum atomic E-state index is 13.5. The average Bonchev–Trinajstić information content (AvgIpc) is 3.53. The molecule has 1 aromatic carbocycles. The molecule has 35 heavy (non-hydrogen) atoms. The summed E-state index contributed by atoms with van der Waals surface area (Å²) in [4.78, 5) is 15.9. The van der Waals surface area contributed by atoms with E-state index in [9.17, 15) is 18.0 Å². The van der Waals surface area contributed by atoms with E-state index in [4.69, 9.17) is 4.74 Å². The number of hydrogen-bond donors (Lipinski definition) is 1. The van der Waals surface area contributed by atoms with Crippen molar-refractivity contribution >= 4 is 5.91 Å². The second-order valence-electron chi connectivity index (χ2n) is 10.0. The van der Waals surface area contributed by atoms with Crippen molar-refractivity contribution in [3.05, 3.63) is 35.7 Å². The molecule has 11 heteroatoms. The van der Waals surface area contributed by atoms with Crippen LogP contribution in [0.2, 0.25) is 0 Å². The first-order chi connectivity index (χ1) is 16.6. The van der Waals surface area contributed by atoms with Gasteiger partial charge < -0.3 is 15.0 Å². The molecule has 1 saturated carbocycles. The van der Waals surface area contributed by atoms with Crippen LogP contribution >= 0.6 is 0 Å². The van der Waals surface area contributed by atoms with Crippen LogP contribution in [0.1, 0.15) is 57.1 Å². The Morgan fingerprint density at radius 2 is 1.97 bits per heavy atom. The highest BCUT2D eigenvalue weighted by molar-refractivity contribution is 5.83. The topological polar surface area (TPSA) is 85.2 Å². The Morgan fingerprint density at radius 3 is 2.60 bits per heavy atom. The maximum Gasteiger partial charge on any atom is 0.416 e. The number of carbonyl (C=O) groups is 1. The fourth-order valence-corrected chi connectivity index (χ4v) is 5.49. The highest BCUT2D eigenvalue weighted by Crippen LogP contribution is 2.46. The Balaban J connectivity index is 1.49. The van der Waals surface area contributed by atoms with Crippen molar-refractivity contribution < 1.29 is 22.7 Å². The van der Waals surface area contributed by atoms with Crippen LogP contribution in [-0.4, -0.2) is 63.4 Å². The molecule has 2 aliphatic rings. The minimum atomic E-state index is -4.53. The molecule has 1 aliphatic carbocycles. The number of alkyl halides is 3. The first-order valence-electron chi connectivity index (χ1n) is 12.1. The monoisotopic (exact) mass is 494 g/mol. The minimum Gasteiger partial charge on any atom is -0.381 e. The SMILES string of the molecule is CC(C)[C@]1(C(=O)NCc2cc(-n3cnnn3)cc(C(F)(F)F)c2)CC[C@@H](N(C)C2CCOCC2)C1. The van der Waals surface area contributed by atoms with Crippen LogP contribution in [0.25, 0.3) is 5.69 Å². The van der Waals surface area contributed by atoms with Gasteiger partial charge in [-0.3, -0.25) is 4.79 Å². The van der Waals surface area contributed by atoms with E-state index in [2.05, 4.69) is 46.6 Å². The average molecular weight is 495 g/mol. The van der Waals surface area contributed by atoms with Crippen LogP contribution in [0.3, 0.4) is 0 Å². The Labute approximate surface area is 203 Å². The van der Waals surface area contributed by atoms with Gasteiger partial charge in [-0.25, -0.2) is 4.68 Å². The van der Waals surface area contributed by atoms with E-state index < -0.39 is 17.2 Å². The lowest BCUT2D eigenvalue weighted by molar-refractivity contribution is -0.137. The van der Waals surface area contributed by atoms with Gasteiger partial charge in [0, 0.05) is 31.8 Å². The molecule has 2 heterocycles. The van der Waals surface area contributed by atoms with E-state index in [1.165, 1.54) is 11.0 Å². The number of aromatic nitrogens is 4. The van der Waals surface area contributed by atoms with Crippen molar-refractivity contribution in [2.24, 2.45) is 11.3 Å².